The van der Waals surface area contributed by atoms with E-state index in [4.69, 9.17) is 0 Å². The SMILES string of the molecule is CS(=O)(=O)[C@@H]1CCCN(C(=O)C2(Cc3cccs3)CCCCC2)CC1. The largest absolute Gasteiger partial charge is 0.342 e. The molecule has 1 aromatic heterocycles. The average Bonchev–Trinajstić information content (AvgIpc) is 2.94. The van der Waals surface area contributed by atoms with Crippen LogP contribution in [0.1, 0.15) is 56.2 Å². The Morgan fingerprint density at radius 1 is 1.20 bits per heavy atom. The van der Waals surface area contributed by atoms with Crippen molar-refractivity contribution in [2.75, 3.05) is 19.3 Å². The lowest BCUT2D eigenvalue weighted by Crippen LogP contribution is -2.46. The standard InChI is InChI=1S/C19H29NO3S2/c1-25(22,23)17-8-5-12-20(13-9-17)18(21)19(10-3-2-4-11-19)15-16-7-6-14-24-16/h6-7,14,17H,2-5,8-13,15H2,1H3/t17-/m1/s1. The van der Waals surface area contributed by atoms with Crippen LogP contribution in [0.15, 0.2) is 17.5 Å². The summed E-state index contributed by atoms with van der Waals surface area (Å²) in [5.41, 5.74) is -0.270. The molecular formula is C19H29NO3S2. The molecule has 1 aliphatic carbocycles. The van der Waals surface area contributed by atoms with Crippen molar-refractivity contribution >= 4 is 27.1 Å². The number of carbonyl (C=O) groups is 1. The fraction of sp³-hybridized carbons (Fsp3) is 0.737. The second-order valence-electron chi connectivity index (χ2n) is 7.77. The topological polar surface area (TPSA) is 54.5 Å². The molecule has 0 bridgehead atoms. The van der Waals surface area contributed by atoms with Gasteiger partial charge in [0.2, 0.25) is 5.91 Å². The molecule has 0 aromatic carbocycles. The maximum Gasteiger partial charge on any atom is 0.229 e. The van der Waals surface area contributed by atoms with Crippen molar-refractivity contribution in [2.45, 2.75) is 63.0 Å². The third-order valence-corrected chi connectivity index (χ3v) is 8.48. The van der Waals surface area contributed by atoms with Crippen LogP contribution >= 0.6 is 11.3 Å². The molecule has 4 nitrogen and oxygen atoms in total. The van der Waals surface area contributed by atoms with E-state index in [9.17, 15) is 13.2 Å². The summed E-state index contributed by atoms with van der Waals surface area (Å²) in [5.74, 6) is 0.273. The Labute approximate surface area is 155 Å². The van der Waals surface area contributed by atoms with Crippen LogP contribution in [0.3, 0.4) is 0 Å². The van der Waals surface area contributed by atoms with Crippen LogP contribution in [-0.2, 0) is 21.1 Å². The Hall–Kier alpha value is -0.880. The molecule has 140 valence electrons. The molecule has 1 saturated carbocycles. The Balaban J connectivity index is 1.75. The van der Waals surface area contributed by atoms with Crippen LogP contribution in [0.2, 0.25) is 0 Å². The molecule has 6 heteroatoms. The molecule has 0 radical (unpaired) electrons. The van der Waals surface area contributed by atoms with Gasteiger partial charge in [-0.1, -0.05) is 25.3 Å². The number of hydrogen-bond acceptors (Lipinski definition) is 4. The van der Waals surface area contributed by atoms with Crippen molar-refractivity contribution < 1.29 is 13.2 Å². The molecule has 2 aliphatic rings. The molecule has 1 aromatic rings. The van der Waals surface area contributed by atoms with Crippen LogP contribution in [0.25, 0.3) is 0 Å². The van der Waals surface area contributed by atoms with Crippen molar-refractivity contribution in [1.29, 1.82) is 0 Å². The second-order valence-corrected chi connectivity index (χ2v) is 11.1. The van der Waals surface area contributed by atoms with Gasteiger partial charge in [-0.3, -0.25) is 4.79 Å². The highest BCUT2D eigenvalue weighted by molar-refractivity contribution is 7.91. The minimum Gasteiger partial charge on any atom is -0.342 e. The van der Waals surface area contributed by atoms with Crippen LogP contribution in [0, 0.1) is 5.41 Å². The summed E-state index contributed by atoms with van der Waals surface area (Å²) >= 11 is 1.74. The van der Waals surface area contributed by atoms with E-state index in [1.165, 1.54) is 17.6 Å². The minimum absolute atomic E-state index is 0.270. The molecule has 0 N–H and O–H groups in total. The summed E-state index contributed by atoms with van der Waals surface area (Å²) in [6.07, 6.45) is 9.62. The van der Waals surface area contributed by atoms with Gasteiger partial charge in [0.1, 0.15) is 9.84 Å². The number of sulfone groups is 1. The van der Waals surface area contributed by atoms with E-state index < -0.39 is 9.84 Å². The molecule has 25 heavy (non-hydrogen) atoms. The van der Waals surface area contributed by atoms with E-state index in [0.29, 0.717) is 25.9 Å². The lowest BCUT2D eigenvalue weighted by molar-refractivity contribution is -0.144. The van der Waals surface area contributed by atoms with E-state index in [1.807, 2.05) is 4.90 Å². The molecule has 0 unspecified atom stereocenters. The van der Waals surface area contributed by atoms with Gasteiger partial charge in [-0.15, -0.1) is 11.3 Å². The molecule has 0 spiro atoms. The molecule has 2 heterocycles. The van der Waals surface area contributed by atoms with E-state index in [-0.39, 0.29) is 16.6 Å². The van der Waals surface area contributed by atoms with Crippen molar-refractivity contribution in [2.24, 2.45) is 5.41 Å². The molecule has 3 rings (SSSR count). The van der Waals surface area contributed by atoms with E-state index in [1.54, 1.807) is 11.3 Å². The first-order valence-corrected chi connectivity index (χ1v) is 12.2. The highest BCUT2D eigenvalue weighted by Crippen LogP contribution is 2.42. The minimum atomic E-state index is -3.02. The number of rotatable bonds is 4. The number of hydrogen-bond donors (Lipinski definition) is 0. The van der Waals surface area contributed by atoms with Gasteiger partial charge in [-0.05, 0) is 50.0 Å². The van der Waals surface area contributed by atoms with Gasteiger partial charge in [0.15, 0.2) is 0 Å². The van der Waals surface area contributed by atoms with E-state index in [2.05, 4.69) is 17.5 Å². The van der Waals surface area contributed by atoms with Crippen molar-refractivity contribution in [3.8, 4) is 0 Å². The first-order valence-electron chi connectivity index (χ1n) is 9.41. The third kappa shape index (κ3) is 4.45. The fourth-order valence-electron chi connectivity index (χ4n) is 4.47. The maximum absolute atomic E-state index is 13.5. The summed E-state index contributed by atoms with van der Waals surface area (Å²) in [6, 6.07) is 4.19. The van der Waals surface area contributed by atoms with E-state index >= 15 is 0 Å². The quantitative estimate of drug-likeness (QED) is 0.797. The maximum atomic E-state index is 13.5. The van der Waals surface area contributed by atoms with Gasteiger partial charge in [0.05, 0.1) is 10.7 Å². The first kappa shape index (κ1) is 18.9. The number of likely N-dealkylation sites (tertiary alicyclic amines) is 1. The van der Waals surface area contributed by atoms with Gasteiger partial charge in [-0.25, -0.2) is 8.42 Å². The number of thiophene rings is 1. The van der Waals surface area contributed by atoms with E-state index in [0.717, 1.165) is 38.5 Å². The molecule has 2 fully saturated rings. The molecule has 1 amide bonds. The Bertz CT molecular complexity index is 676. The Morgan fingerprint density at radius 3 is 2.60 bits per heavy atom. The summed E-state index contributed by atoms with van der Waals surface area (Å²) in [7, 11) is -3.02. The summed E-state index contributed by atoms with van der Waals surface area (Å²) < 4.78 is 23.8. The van der Waals surface area contributed by atoms with Crippen LogP contribution in [-0.4, -0.2) is 43.8 Å². The van der Waals surface area contributed by atoms with Gasteiger partial charge in [0, 0.05) is 24.2 Å². The Kier molecular flexibility index (Phi) is 5.88. The zero-order valence-electron chi connectivity index (χ0n) is 15.1. The van der Waals surface area contributed by atoms with Gasteiger partial charge < -0.3 is 4.90 Å². The number of nitrogens with zero attached hydrogens (tertiary/aromatic N) is 1. The lowest BCUT2D eigenvalue weighted by Gasteiger charge is -2.39. The third-order valence-electron chi connectivity index (χ3n) is 5.92. The molecule has 1 aliphatic heterocycles. The smallest absolute Gasteiger partial charge is 0.229 e. The predicted molar refractivity (Wildman–Crippen MR) is 103 cm³/mol. The zero-order valence-corrected chi connectivity index (χ0v) is 16.7. The molecule has 1 saturated heterocycles. The number of amides is 1. The Morgan fingerprint density at radius 2 is 1.96 bits per heavy atom. The average molecular weight is 384 g/mol. The van der Waals surface area contributed by atoms with Crippen molar-refractivity contribution in [3.05, 3.63) is 22.4 Å². The summed E-state index contributed by atoms with van der Waals surface area (Å²) in [6.45, 7) is 1.29. The van der Waals surface area contributed by atoms with Crippen LogP contribution in [0.4, 0.5) is 0 Å². The monoisotopic (exact) mass is 383 g/mol. The van der Waals surface area contributed by atoms with Crippen molar-refractivity contribution in [3.63, 3.8) is 0 Å². The second kappa shape index (κ2) is 7.78. The molecular weight excluding hydrogens is 354 g/mol. The number of carbonyl (C=O) groups excluding carboxylic acids is 1. The van der Waals surface area contributed by atoms with Gasteiger partial charge in [0.25, 0.3) is 0 Å². The summed E-state index contributed by atoms with van der Waals surface area (Å²) in [4.78, 5) is 16.8. The van der Waals surface area contributed by atoms with Gasteiger partial charge >= 0.3 is 0 Å². The fourth-order valence-corrected chi connectivity index (χ4v) is 6.45. The highest BCUT2D eigenvalue weighted by Gasteiger charge is 2.42. The zero-order chi connectivity index (χ0) is 17.9. The van der Waals surface area contributed by atoms with Gasteiger partial charge in [-0.2, -0.15) is 0 Å². The highest BCUT2D eigenvalue weighted by atomic mass is 32.2. The van der Waals surface area contributed by atoms with Crippen LogP contribution < -0.4 is 0 Å². The predicted octanol–water partition coefficient (Wildman–Crippen LogP) is 3.67. The lowest BCUT2D eigenvalue weighted by atomic mass is 9.70. The van der Waals surface area contributed by atoms with Crippen molar-refractivity contribution in [1.82, 2.24) is 4.90 Å². The summed E-state index contributed by atoms with van der Waals surface area (Å²) in [5, 5.41) is 1.80. The first-order chi connectivity index (χ1) is 11.9. The molecule has 1 atom stereocenters. The normalized spacial score (nSPS) is 24.7. The van der Waals surface area contributed by atoms with Crippen LogP contribution in [0.5, 0.6) is 0 Å².